The zero-order chi connectivity index (χ0) is 14.6. The summed E-state index contributed by atoms with van der Waals surface area (Å²) in [5.41, 5.74) is 2.43. The van der Waals surface area contributed by atoms with Crippen LogP contribution >= 0.6 is 0 Å². The monoisotopic (exact) mass is 279 g/mol. The molecule has 0 spiro atoms. The predicted octanol–water partition coefficient (Wildman–Crippen LogP) is 2.69. The van der Waals surface area contributed by atoms with Gasteiger partial charge in [-0.25, -0.2) is 0 Å². The van der Waals surface area contributed by atoms with Gasteiger partial charge in [0, 0.05) is 31.3 Å². The van der Waals surface area contributed by atoms with E-state index in [1.54, 1.807) is 0 Å². The van der Waals surface area contributed by atoms with Crippen molar-refractivity contribution in [3.8, 4) is 0 Å². The molecule has 0 saturated heterocycles. The van der Waals surface area contributed by atoms with Crippen LogP contribution in [0.25, 0.3) is 0 Å². The highest BCUT2D eigenvalue weighted by Crippen LogP contribution is 2.37. The van der Waals surface area contributed by atoms with Crippen molar-refractivity contribution >= 4 is 0 Å². The number of nitrogens with zero attached hydrogens (tertiary/aromatic N) is 2. The summed E-state index contributed by atoms with van der Waals surface area (Å²) in [7, 11) is 2.06. The van der Waals surface area contributed by atoms with Gasteiger partial charge in [-0.1, -0.05) is 12.8 Å². The van der Waals surface area contributed by atoms with Crippen molar-refractivity contribution in [3.05, 3.63) is 17.5 Å². The van der Waals surface area contributed by atoms with Crippen molar-refractivity contribution in [3.63, 3.8) is 0 Å². The van der Waals surface area contributed by atoms with E-state index in [1.165, 1.54) is 31.4 Å². The number of aromatic nitrogens is 2. The summed E-state index contributed by atoms with van der Waals surface area (Å²) in [5.74, 6) is 0. The van der Waals surface area contributed by atoms with Crippen LogP contribution in [0.4, 0.5) is 0 Å². The molecule has 4 heteroatoms. The molecule has 0 aromatic carbocycles. The molecule has 0 bridgehead atoms. The van der Waals surface area contributed by atoms with Crippen LogP contribution in [0.15, 0.2) is 6.07 Å². The highest BCUT2D eigenvalue weighted by molar-refractivity contribution is 5.13. The lowest BCUT2D eigenvalue weighted by atomic mass is 9.88. The molecule has 2 rings (SSSR count). The van der Waals surface area contributed by atoms with E-state index in [4.69, 9.17) is 4.74 Å². The summed E-state index contributed by atoms with van der Waals surface area (Å²) < 4.78 is 8.32. The van der Waals surface area contributed by atoms with Gasteiger partial charge in [-0.05, 0) is 46.7 Å². The molecule has 1 aliphatic carbocycles. The number of ether oxygens (including phenoxy) is 1. The lowest BCUT2D eigenvalue weighted by Gasteiger charge is -2.37. The first-order valence-electron chi connectivity index (χ1n) is 7.99. The number of nitrogens with one attached hydrogen (secondary N) is 1. The van der Waals surface area contributed by atoms with Crippen molar-refractivity contribution in [1.29, 1.82) is 0 Å². The third-order valence-corrected chi connectivity index (χ3v) is 4.56. The van der Waals surface area contributed by atoms with Crippen LogP contribution < -0.4 is 5.32 Å². The van der Waals surface area contributed by atoms with Gasteiger partial charge in [0.15, 0.2) is 0 Å². The summed E-state index contributed by atoms with van der Waals surface area (Å²) in [5, 5.41) is 8.07. The Morgan fingerprint density at radius 2 is 2.10 bits per heavy atom. The fourth-order valence-corrected chi connectivity index (χ4v) is 3.65. The Labute approximate surface area is 122 Å². The molecule has 4 nitrogen and oxygen atoms in total. The van der Waals surface area contributed by atoms with Crippen LogP contribution in [-0.2, 0) is 17.7 Å². The molecule has 0 aliphatic heterocycles. The van der Waals surface area contributed by atoms with E-state index in [2.05, 4.69) is 49.0 Å². The minimum Gasteiger partial charge on any atom is -0.374 e. The lowest BCUT2D eigenvalue weighted by Crippen LogP contribution is -2.51. The van der Waals surface area contributed by atoms with E-state index in [1.807, 2.05) is 0 Å². The average molecular weight is 279 g/mol. The Kier molecular flexibility index (Phi) is 5.22. The quantitative estimate of drug-likeness (QED) is 0.834. The van der Waals surface area contributed by atoms with Crippen LogP contribution in [0.1, 0.15) is 50.9 Å². The largest absolute Gasteiger partial charge is 0.374 e. The van der Waals surface area contributed by atoms with Gasteiger partial charge in [0.1, 0.15) is 0 Å². The van der Waals surface area contributed by atoms with Crippen LogP contribution in [0.2, 0.25) is 0 Å². The van der Waals surface area contributed by atoms with Crippen molar-refractivity contribution in [2.24, 2.45) is 0 Å². The molecule has 114 valence electrons. The zero-order valence-corrected chi connectivity index (χ0v) is 13.4. The minimum absolute atomic E-state index is 0.0141. The summed E-state index contributed by atoms with van der Waals surface area (Å²) in [4.78, 5) is 0. The third-order valence-electron chi connectivity index (χ3n) is 4.56. The Hall–Kier alpha value is -0.870. The first-order valence-corrected chi connectivity index (χ1v) is 7.99. The molecular formula is C16H29N3O. The maximum Gasteiger partial charge on any atom is 0.0838 e. The smallest absolute Gasteiger partial charge is 0.0838 e. The summed E-state index contributed by atoms with van der Waals surface area (Å²) in [6.07, 6.45) is 5.90. The van der Waals surface area contributed by atoms with Crippen LogP contribution in [-0.4, -0.2) is 35.1 Å². The summed E-state index contributed by atoms with van der Waals surface area (Å²) >= 11 is 0. The molecule has 1 aliphatic rings. The van der Waals surface area contributed by atoms with Gasteiger partial charge in [-0.3, -0.25) is 4.68 Å². The second-order valence-corrected chi connectivity index (χ2v) is 5.84. The molecule has 1 heterocycles. The van der Waals surface area contributed by atoms with Gasteiger partial charge >= 0.3 is 0 Å². The zero-order valence-electron chi connectivity index (χ0n) is 13.4. The first-order chi connectivity index (χ1) is 9.65. The van der Waals surface area contributed by atoms with E-state index >= 15 is 0 Å². The number of aryl methyl sites for hydroxylation is 2. The van der Waals surface area contributed by atoms with Gasteiger partial charge < -0.3 is 10.1 Å². The van der Waals surface area contributed by atoms with E-state index in [0.717, 1.165) is 25.3 Å². The lowest BCUT2D eigenvalue weighted by molar-refractivity contribution is -0.0600. The van der Waals surface area contributed by atoms with E-state index in [9.17, 15) is 0 Å². The topological polar surface area (TPSA) is 39.1 Å². The predicted molar refractivity (Wildman–Crippen MR) is 82.0 cm³/mol. The number of likely N-dealkylation sites (N-methyl/N-ethyl adjacent to an activating group) is 1. The molecule has 1 unspecified atom stereocenters. The van der Waals surface area contributed by atoms with Crippen LogP contribution in [0.3, 0.4) is 0 Å². The second-order valence-electron chi connectivity index (χ2n) is 5.84. The Morgan fingerprint density at radius 3 is 2.65 bits per heavy atom. The number of rotatable bonds is 7. The molecule has 1 saturated carbocycles. The molecule has 1 N–H and O–H groups in total. The Morgan fingerprint density at radius 1 is 1.40 bits per heavy atom. The molecule has 0 radical (unpaired) electrons. The molecule has 1 aromatic rings. The average Bonchev–Trinajstić information content (AvgIpc) is 3.03. The highest BCUT2D eigenvalue weighted by Gasteiger charge is 2.41. The van der Waals surface area contributed by atoms with Gasteiger partial charge in [0.25, 0.3) is 0 Å². The highest BCUT2D eigenvalue weighted by atomic mass is 16.5. The Balaban J connectivity index is 2.18. The molecular weight excluding hydrogens is 250 g/mol. The summed E-state index contributed by atoms with van der Waals surface area (Å²) in [6.45, 7) is 8.05. The van der Waals surface area contributed by atoms with Gasteiger partial charge in [0.05, 0.1) is 11.3 Å². The van der Waals surface area contributed by atoms with Crippen molar-refractivity contribution in [2.75, 3.05) is 13.7 Å². The van der Waals surface area contributed by atoms with Crippen molar-refractivity contribution < 1.29 is 4.74 Å². The van der Waals surface area contributed by atoms with E-state index in [-0.39, 0.29) is 5.60 Å². The van der Waals surface area contributed by atoms with Gasteiger partial charge in [0.2, 0.25) is 0 Å². The SMILES string of the molecule is CCOC1(C(Cc2cc(C)nn2CC)NC)CCCC1. The molecule has 1 fully saturated rings. The van der Waals surface area contributed by atoms with E-state index < -0.39 is 0 Å². The van der Waals surface area contributed by atoms with Crippen molar-refractivity contribution in [1.82, 2.24) is 15.1 Å². The molecule has 1 atom stereocenters. The third kappa shape index (κ3) is 3.07. The molecule has 0 amide bonds. The minimum atomic E-state index is 0.0141. The van der Waals surface area contributed by atoms with Gasteiger partial charge in [-0.2, -0.15) is 5.10 Å². The van der Waals surface area contributed by atoms with E-state index in [0.29, 0.717) is 6.04 Å². The first kappa shape index (κ1) is 15.5. The summed E-state index contributed by atoms with van der Waals surface area (Å²) in [6, 6.07) is 2.58. The normalized spacial score (nSPS) is 19.4. The number of hydrogen-bond acceptors (Lipinski definition) is 3. The standard InChI is InChI=1S/C16H29N3O/c1-5-19-14(11-13(3)18-19)12-15(17-4)16(20-6-2)9-7-8-10-16/h11,15,17H,5-10,12H2,1-4H3. The Bertz CT molecular complexity index is 421. The fourth-order valence-electron chi connectivity index (χ4n) is 3.65. The maximum absolute atomic E-state index is 6.20. The van der Waals surface area contributed by atoms with Crippen LogP contribution in [0, 0.1) is 6.92 Å². The van der Waals surface area contributed by atoms with Crippen molar-refractivity contribution in [2.45, 2.75) is 71.1 Å². The molecule has 1 aromatic heterocycles. The maximum atomic E-state index is 6.20. The molecule has 20 heavy (non-hydrogen) atoms. The fraction of sp³-hybridized carbons (Fsp3) is 0.812. The second kappa shape index (κ2) is 6.72. The number of hydrogen-bond donors (Lipinski definition) is 1. The van der Waals surface area contributed by atoms with Crippen LogP contribution in [0.5, 0.6) is 0 Å². The van der Waals surface area contributed by atoms with Gasteiger partial charge in [-0.15, -0.1) is 0 Å².